The number of hydrogen-bond donors (Lipinski definition) is 0. The van der Waals surface area contributed by atoms with Crippen LogP contribution in [0.4, 0.5) is 4.79 Å². The van der Waals surface area contributed by atoms with Crippen molar-refractivity contribution in [2.75, 3.05) is 45.9 Å². The van der Waals surface area contributed by atoms with Crippen molar-refractivity contribution < 1.29 is 19.1 Å². The Balaban J connectivity index is 1.63. The third-order valence-electron chi connectivity index (χ3n) is 5.26. The van der Waals surface area contributed by atoms with Gasteiger partial charge in [0.1, 0.15) is 5.69 Å². The van der Waals surface area contributed by atoms with Gasteiger partial charge in [-0.25, -0.2) is 4.79 Å². The fourth-order valence-electron chi connectivity index (χ4n) is 3.71. The van der Waals surface area contributed by atoms with Crippen molar-refractivity contribution in [3.63, 3.8) is 0 Å². The lowest BCUT2D eigenvalue weighted by Gasteiger charge is -2.34. The summed E-state index contributed by atoms with van der Waals surface area (Å²) in [6.07, 6.45) is 3.31. The second kappa shape index (κ2) is 9.03. The van der Waals surface area contributed by atoms with E-state index in [9.17, 15) is 14.4 Å². The maximum absolute atomic E-state index is 12.8. The number of carbonyl (C=O) groups excluding carboxylic acids is 3. The number of nitrogens with zero attached hydrogens (tertiary/aromatic N) is 4. The van der Waals surface area contributed by atoms with E-state index in [-0.39, 0.29) is 23.6 Å². The van der Waals surface area contributed by atoms with Crippen molar-refractivity contribution in [3.05, 3.63) is 29.6 Å². The molecule has 2 aliphatic heterocycles. The smallest absolute Gasteiger partial charge is 0.409 e. The van der Waals surface area contributed by atoms with Crippen LogP contribution >= 0.6 is 0 Å². The molecule has 2 aliphatic rings. The van der Waals surface area contributed by atoms with Crippen LogP contribution in [0.5, 0.6) is 0 Å². The van der Waals surface area contributed by atoms with Crippen LogP contribution in [-0.4, -0.2) is 83.5 Å². The Morgan fingerprint density at radius 1 is 1.07 bits per heavy atom. The molecule has 3 heterocycles. The minimum Gasteiger partial charge on any atom is -0.450 e. The summed E-state index contributed by atoms with van der Waals surface area (Å²) < 4.78 is 5.00. The topological polar surface area (TPSA) is 83.0 Å². The highest BCUT2D eigenvalue weighted by Gasteiger charge is 2.27. The molecule has 0 saturated carbocycles. The van der Waals surface area contributed by atoms with Crippen LogP contribution in [0.2, 0.25) is 0 Å². The molecule has 0 radical (unpaired) electrons. The second-order valence-corrected chi connectivity index (χ2v) is 7.41. The molecule has 8 heteroatoms. The molecular formula is C20H28N4O4. The first-order valence-electron chi connectivity index (χ1n) is 9.96. The minimum atomic E-state index is -0.351. The summed E-state index contributed by atoms with van der Waals surface area (Å²) in [5.74, 6) is 0.233. The Kier molecular flexibility index (Phi) is 6.49. The van der Waals surface area contributed by atoms with E-state index < -0.39 is 0 Å². The van der Waals surface area contributed by atoms with Gasteiger partial charge in [-0.1, -0.05) is 6.92 Å². The largest absolute Gasteiger partial charge is 0.450 e. The summed E-state index contributed by atoms with van der Waals surface area (Å²) >= 11 is 0. The quantitative estimate of drug-likeness (QED) is 0.789. The molecule has 0 N–H and O–H groups in total. The molecule has 1 unspecified atom stereocenters. The number of ether oxygens (including phenoxy) is 1. The Morgan fingerprint density at radius 3 is 2.46 bits per heavy atom. The molecule has 0 aliphatic carbocycles. The first kappa shape index (κ1) is 20.1. The van der Waals surface area contributed by atoms with E-state index >= 15 is 0 Å². The summed E-state index contributed by atoms with van der Waals surface area (Å²) in [7, 11) is 0. The normalized spacial score (nSPS) is 20.1. The van der Waals surface area contributed by atoms with E-state index in [1.807, 2.05) is 4.90 Å². The predicted molar refractivity (Wildman–Crippen MR) is 103 cm³/mol. The zero-order chi connectivity index (χ0) is 20.1. The van der Waals surface area contributed by atoms with Crippen LogP contribution in [0, 0.1) is 5.92 Å². The van der Waals surface area contributed by atoms with Gasteiger partial charge in [0.15, 0.2) is 0 Å². The first-order valence-corrected chi connectivity index (χ1v) is 9.96. The number of piperidine rings is 1. The molecular weight excluding hydrogens is 360 g/mol. The zero-order valence-corrected chi connectivity index (χ0v) is 16.6. The molecule has 1 aromatic heterocycles. The molecule has 3 amide bonds. The van der Waals surface area contributed by atoms with Gasteiger partial charge < -0.3 is 19.4 Å². The van der Waals surface area contributed by atoms with E-state index in [0.717, 1.165) is 25.9 Å². The number of rotatable bonds is 3. The van der Waals surface area contributed by atoms with Gasteiger partial charge in [0.25, 0.3) is 11.8 Å². The highest BCUT2D eigenvalue weighted by Crippen LogP contribution is 2.18. The van der Waals surface area contributed by atoms with Gasteiger partial charge in [-0.3, -0.25) is 14.6 Å². The SMILES string of the molecule is CCOC(=O)N1CCN(C(=O)c2cc(C(=O)N3CCCC(C)C3)ccn2)CC1. The number of likely N-dealkylation sites (tertiary alicyclic amines) is 1. The fourth-order valence-corrected chi connectivity index (χ4v) is 3.71. The molecule has 8 nitrogen and oxygen atoms in total. The number of carbonyl (C=O) groups is 3. The van der Waals surface area contributed by atoms with Crippen LogP contribution in [0.15, 0.2) is 18.3 Å². The average Bonchev–Trinajstić information content (AvgIpc) is 2.73. The lowest BCUT2D eigenvalue weighted by atomic mass is 9.99. The Hall–Kier alpha value is -2.64. The molecule has 0 aromatic carbocycles. The summed E-state index contributed by atoms with van der Waals surface area (Å²) in [5.41, 5.74) is 0.762. The second-order valence-electron chi connectivity index (χ2n) is 7.41. The third-order valence-corrected chi connectivity index (χ3v) is 5.26. The molecule has 1 atom stereocenters. The average molecular weight is 388 g/mol. The van der Waals surface area contributed by atoms with Gasteiger partial charge >= 0.3 is 6.09 Å². The van der Waals surface area contributed by atoms with Crippen LogP contribution in [0.1, 0.15) is 47.5 Å². The highest BCUT2D eigenvalue weighted by molar-refractivity contribution is 5.98. The highest BCUT2D eigenvalue weighted by atomic mass is 16.6. The monoisotopic (exact) mass is 388 g/mol. The van der Waals surface area contributed by atoms with Crippen molar-refractivity contribution in [2.24, 2.45) is 5.92 Å². The van der Waals surface area contributed by atoms with E-state index in [4.69, 9.17) is 4.74 Å². The van der Waals surface area contributed by atoms with Gasteiger partial charge in [0, 0.05) is 51.0 Å². The molecule has 28 heavy (non-hydrogen) atoms. The van der Waals surface area contributed by atoms with Crippen molar-refractivity contribution in [1.82, 2.24) is 19.7 Å². The Bertz CT molecular complexity index is 731. The zero-order valence-electron chi connectivity index (χ0n) is 16.6. The number of hydrogen-bond acceptors (Lipinski definition) is 5. The number of pyridine rings is 1. The summed E-state index contributed by atoms with van der Waals surface area (Å²) in [5, 5.41) is 0. The lowest BCUT2D eigenvalue weighted by Crippen LogP contribution is -2.50. The molecule has 3 rings (SSSR count). The molecule has 1 aromatic rings. The van der Waals surface area contributed by atoms with Crippen molar-refractivity contribution in [2.45, 2.75) is 26.7 Å². The first-order chi connectivity index (χ1) is 13.5. The summed E-state index contributed by atoms with van der Waals surface area (Å²) in [6, 6.07) is 3.25. The van der Waals surface area contributed by atoms with Crippen LogP contribution in [-0.2, 0) is 4.74 Å². The molecule has 2 fully saturated rings. The predicted octanol–water partition coefficient (Wildman–Crippen LogP) is 1.87. The van der Waals surface area contributed by atoms with E-state index in [1.165, 1.54) is 6.20 Å². The Morgan fingerprint density at radius 2 is 1.79 bits per heavy atom. The maximum atomic E-state index is 12.8. The molecule has 0 spiro atoms. The minimum absolute atomic E-state index is 0.0462. The summed E-state index contributed by atoms with van der Waals surface area (Å²) in [4.78, 5) is 46.7. The van der Waals surface area contributed by atoms with Crippen LogP contribution in [0.25, 0.3) is 0 Å². The standard InChI is InChI=1S/C20H28N4O4/c1-3-28-20(27)23-11-9-22(10-12-23)19(26)17-13-16(6-7-21-17)18(25)24-8-4-5-15(2)14-24/h6-7,13,15H,3-5,8-12,14H2,1-2H3. The van der Waals surface area contributed by atoms with Gasteiger partial charge in [-0.2, -0.15) is 0 Å². The molecule has 152 valence electrons. The third kappa shape index (κ3) is 4.61. The fraction of sp³-hybridized carbons (Fsp3) is 0.600. The number of aromatic nitrogens is 1. The number of piperazine rings is 1. The summed E-state index contributed by atoms with van der Waals surface area (Å²) in [6.45, 7) is 7.44. The van der Waals surface area contributed by atoms with Gasteiger partial charge in [-0.15, -0.1) is 0 Å². The van der Waals surface area contributed by atoms with E-state index in [0.29, 0.717) is 44.3 Å². The Labute approximate surface area is 165 Å². The number of amides is 3. The molecule has 0 bridgehead atoms. The van der Waals surface area contributed by atoms with E-state index in [2.05, 4.69) is 11.9 Å². The van der Waals surface area contributed by atoms with Crippen LogP contribution < -0.4 is 0 Å². The van der Waals surface area contributed by atoms with Gasteiger partial charge in [0.05, 0.1) is 6.61 Å². The molecule has 2 saturated heterocycles. The van der Waals surface area contributed by atoms with Gasteiger partial charge in [0.2, 0.25) is 0 Å². The van der Waals surface area contributed by atoms with Crippen LogP contribution in [0.3, 0.4) is 0 Å². The van der Waals surface area contributed by atoms with Crippen molar-refractivity contribution >= 4 is 17.9 Å². The van der Waals surface area contributed by atoms with Crippen molar-refractivity contribution in [3.8, 4) is 0 Å². The van der Waals surface area contributed by atoms with Crippen molar-refractivity contribution in [1.29, 1.82) is 0 Å². The van der Waals surface area contributed by atoms with E-state index in [1.54, 1.807) is 28.9 Å². The maximum Gasteiger partial charge on any atom is 0.409 e. The lowest BCUT2D eigenvalue weighted by molar-refractivity contribution is 0.0565. The van der Waals surface area contributed by atoms with Gasteiger partial charge in [-0.05, 0) is 37.8 Å².